The molecule has 0 saturated heterocycles. The van der Waals surface area contributed by atoms with Crippen molar-refractivity contribution in [3.8, 4) is 0 Å². The summed E-state index contributed by atoms with van der Waals surface area (Å²) in [5, 5.41) is 0. The molecule has 0 radical (unpaired) electrons. The summed E-state index contributed by atoms with van der Waals surface area (Å²) in [5.41, 5.74) is 3.15. The molecule has 2 bridgehead atoms. The van der Waals surface area contributed by atoms with Gasteiger partial charge in [-0.1, -0.05) is 41.4 Å². The number of ether oxygens (including phenoxy) is 1. The Labute approximate surface area is 138 Å². The zero-order chi connectivity index (χ0) is 16.0. The van der Waals surface area contributed by atoms with Crippen LogP contribution < -0.4 is 5.56 Å². The van der Waals surface area contributed by atoms with Crippen molar-refractivity contribution in [2.45, 2.75) is 51.2 Å². The van der Waals surface area contributed by atoms with E-state index in [0.717, 1.165) is 29.5 Å². The fourth-order valence-electron chi connectivity index (χ4n) is 3.74. The number of aromatic nitrogens is 1. The van der Waals surface area contributed by atoms with Gasteiger partial charge in [0.15, 0.2) is 6.73 Å². The summed E-state index contributed by atoms with van der Waals surface area (Å²) in [5.74, 6) is 0.720. The highest BCUT2D eigenvalue weighted by Gasteiger charge is 2.41. The van der Waals surface area contributed by atoms with E-state index in [-0.39, 0.29) is 24.7 Å². The first-order valence-corrected chi connectivity index (χ1v) is 8.84. The van der Waals surface area contributed by atoms with Crippen molar-refractivity contribution in [3.63, 3.8) is 0 Å². The lowest BCUT2D eigenvalue weighted by Gasteiger charge is -2.06. The molecule has 4 nitrogen and oxygen atoms in total. The second-order valence-electron chi connectivity index (χ2n) is 6.57. The van der Waals surface area contributed by atoms with Crippen molar-refractivity contribution in [3.05, 3.63) is 56.2 Å². The maximum atomic E-state index is 12.4. The van der Waals surface area contributed by atoms with Gasteiger partial charge in [-0.3, -0.25) is 9.59 Å². The number of rotatable bonds is 4. The van der Waals surface area contributed by atoms with Crippen LogP contribution in [0, 0.1) is 6.92 Å². The van der Waals surface area contributed by atoms with Gasteiger partial charge >= 0.3 is 5.97 Å². The highest BCUT2D eigenvalue weighted by molar-refractivity contribution is 7.06. The first-order chi connectivity index (χ1) is 11.1. The van der Waals surface area contributed by atoms with Crippen molar-refractivity contribution in [2.24, 2.45) is 0 Å². The fraction of sp³-hybridized carbons (Fsp3) is 0.444. The lowest BCUT2D eigenvalue weighted by Crippen LogP contribution is -2.21. The number of esters is 1. The molecular weight excluding hydrogens is 310 g/mol. The third-order valence-electron chi connectivity index (χ3n) is 4.95. The molecular formula is C18H19NO3S. The molecule has 23 heavy (non-hydrogen) atoms. The normalized spacial score (nSPS) is 21.4. The van der Waals surface area contributed by atoms with Crippen LogP contribution in [0.4, 0.5) is 0 Å². The molecule has 120 valence electrons. The largest absolute Gasteiger partial charge is 0.443 e. The van der Waals surface area contributed by atoms with Crippen LogP contribution in [-0.4, -0.2) is 9.93 Å². The van der Waals surface area contributed by atoms with E-state index < -0.39 is 0 Å². The van der Waals surface area contributed by atoms with Crippen LogP contribution in [0.1, 0.15) is 52.7 Å². The molecule has 2 unspecified atom stereocenters. The summed E-state index contributed by atoms with van der Waals surface area (Å²) in [6, 6.07) is 7.82. The van der Waals surface area contributed by atoms with Gasteiger partial charge in [-0.15, -0.1) is 0 Å². The van der Waals surface area contributed by atoms with Gasteiger partial charge < -0.3 is 4.74 Å². The van der Waals surface area contributed by atoms with Gasteiger partial charge in [0.25, 0.3) is 5.56 Å². The van der Waals surface area contributed by atoms with Crippen molar-refractivity contribution in [2.75, 3.05) is 0 Å². The Morgan fingerprint density at radius 2 is 2.00 bits per heavy atom. The number of benzene rings is 1. The number of fused-ring (bicyclic) bond motifs is 5. The van der Waals surface area contributed by atoms with Crippen LogP contribution in [0.25, 0.3) is 0 Å². The van der Waals surface area contributed by atoms with Crippen molar-refractivity contribution >= 4 is 17.5 Å². The molecule has 1 saturated carbocycles. The number of aryl methyl sites for hydroxylation is 1. The number of nitrogens with zero attached hydrogens (tertiary/aromatic N) is 1. The molecule has 0 N–H and O–H groups in total. The zero-order valence-corrected chi connectivity index (χ0v) is 13.9. The average molecular weight is 329 g/mol. The van der Waals surface area contributed by atoms with E-state index in [0.29, 0.717) is 11.8 Å². The van der Waals surface area contributed by atoms with Gasteiger partial charge in [-0.25, -0.2) is 3.96 Å². The average Bonchev–Trinajstić information content (AvgIpc) is 3.21. The van der Waals surface area contributed by atoms with E-state index in [4.69, 9.17) is 4.74 Å². The third kappa shape index (κ3) is 2.63. The van der Waals surface area contributed by atoms with E-state index in [1.54, 1.807) is 3.96 Å². The smallest absolute Gasteiger partial charge is 0.312 e. The molecule has 1 fully saturated rings. The molecule has 2 aliphatic carbocycles. The zero-order valence-electron chi connectivity index (χ0n) is 13.1. The van der Waals surface area contributed by atoms with E-state index >= 15 is 0 Å². The number of hydrogen-bond donors (Lipinski definition) is 0. The van der Waals surface area contributed by atoms with Gasteiger partial charge in [0.2, 0.25) is 0 Å². The Bertz CT molecular complexity index is 803. The minimum absolute atomic E-state index is 0.0423. The second-order valence-corrected chi connectivity index (χ2v) is 7.63. The van der Waals surface area contributed by atoms with Gasteiger partial charge in [0, 0.05) is 10.4 Å². The van der Waals surface area contributed by atoms with Crippen LogP contribution in [0.5, 0.6) is 0 Å². The van der Waals surface area contributed by atoms with E-state index in [1.807, 2.05) is 31.2 Å². The third-order valence-corrected chi connectivity index (χ3v) is 6.20. The first kappa shape index (κ1) is 14.7. The summed E-state index contributed by atoms with van der Waals surface area (Å²) >= 11 is 1.49. The predicted molar refractivity (Wildman–Crippen MR) is 88.9 cm³/mol. The summed E-state index contributed by atoms with van der Waals surface area (Å²) in [6.45, 7) is 2.05. The molecule has 2 aromatic rings. The Hall–Kier alpha value is -1.88. The van der Waals surface area contributed by atoms with Gasteiger partial charge in [-0.05, 0) is 43.6 Å². The molecule has 5 heteroatoms. The molecule has 1 aromatic heterocycles. The minimum atomic E-state index is -0.294. The second kappa shape index (κ2) is 5.64. The van der Waals surface area contributed by atoms with Crippen molar-refractivity contribution < 1.29 is 9.53 Å². The standard InChI is InChI=1S/C18H19NO3S/c1-11-2-4-12(5-3-11)8-15(20)22-10-19-18(21)16-13-6-7-14(9-13)17(16)23-19/h2-5,13-14H,6-10H2,1H3. The Morgan fingerprint density at radius 1 is 1.26 bits per heavy atom. The van der Waals surface area contributed by atoms with Gasteiger partial charge in [0.05, 0.1) is 6.42 Å². The van der Waals surface area contributed by atoms with Gasteiger partial charge in [0.1, 0.15) is 0 Å². The SMILES string of the molecule is Cc1ccc(CC(=O)OCn2sc3c(c2=O)C2CCC3C2)cc1. The molecule has 0 aliphatic heterocycles. The highest BCUT2D eigenvalue weighted by Crippen LogP contribution is 2.53. The lowest BCUT2D eigenvalue weighted by molar-refractivity contribution is -0.146. The van der Waals surface area contributed by atoms with Crippen molar-refractivity contribution in [1.29, 1.82) is 0 Å². The van der Waals surface area contributed by atoms with E-state index in [9.17, 15) is 9.59 Å². The molecule has 1 heterocycles. The summed E-state index contributed by atoms with van der Waals surface area (Å²) in [4.78, 5) is 25.6. The predicted octanol–water partition coefficient (Wildman–Crippen LogP) is 3.33. The molecule has 4 rings (SSSR count). The summed E-state index contributed by atoms with van der Waals surface area (Å²) in [6.07, 6.45) is 3.72. The topological polar surface area (TPSA) is 48.3 Å². The molecule has 2 atom stereocenters. The molecule has 0 spiro atoms. The Balaban J connectivity index is 1.41. The molecule has 2 aliphatic rings. The Kier molecular flexibility index (Phi) is 3.60. The fourth-order valence-corrected chi connectivity index (χ4v) is 4.98. The number of hydrogen-bond acceptors (Lipinski definition) is 4. The summed E-state index contributed by atoms with van der Waals surface area (Å²) in [7, 11) is 0. The lowest BCUT2D eigenvalue weighted by atomic mass is 10.00. The van der Waals surface area contributed by atoms with E-state index in [2.05, 4.69) is 0 Å². The highest BCUT2D eigenvalue weighted by atomic mass is 32.1. The maximum Gasteiger partial charge on any atom is 0.312 e. The van der Waals surface area contributed by atoms with Crippen LogP contribution in [0.2, 0.25) is 0 Å². The first-order valence-electron chi connectivity index (χ1n) is 8.07. The van der Waals surface area contributed by atoms with Crippen LogP contribution in [0.3, 0.4) is 0 Å². The van der Waals surface area contributed by atoms with E-state index in [1.165, 1.54) is 22.8 Å². The molecule has 1 aromatic carbocycles. The number of carbonyl (C=O) groups excluding carboxylic acids is 1. The summed E-state index contributed by atoms with van der Waals surface area (Å²) < 4.78 is 6.90. The van der Waals surface area contributed by atoms with Crippen LogP contribution in [-0.2, 0) is 22.7 Å². The Morgan fingerprint density at radius 3 is 2.74 bits per heavy atom. The van der Waals surface area contributed by atoms with Crippen molar-refractivity contribution in [1.82, 2.24) is 3.96 Å². The molecule has 0 amide bonds. The monoisotopic (exact) mass is 329 g/mol. The maximum absolute atomic E-state index is 12.4. The number of carbonyl (C=O) groups is 1. The van der Waals surface area contributed by atoms with Crippen LogP contribution in [0.15, 0.2) is 29.1 Å². The minimum Gasteiger partial charge on any atom is -0.443 e. The quantitative estimate of drug-likeness (QED) is 0.809. The van der Waals surface area contributed by atoms with Gasteiger partial charge in [-0.2, -0.15) is 0 Å². The van der Waals surface area contributed by atoms with Crippen LogP contribution >= 0.6 is 11.5 Å².